The Kier molecular flexibility index (Phi) is 4.08. The summed E-state index contributed by atoms with van der Waals surface area (Å²) in [5.41, 5.74) is 9.14. The topological polar surface area (TPSA) is 21.7 Å². The van der Waals surface area contributed by atoms with Gasteiger partial charge in [-0.25, -0.2) is 4.39 Å². The van der Waals surface area contributed by atoms with Crippen molar-refractivity contribution in [1.29, 1.82) is 0 Å². The molecule has 268 valence electrons. The van der Waals surface area contributed by atoms with E-state index in [0.717, 1.165) is 32.4 Å². The van der Waals surface area contributed by atoms with Crippen molar-refractivity contribution in [2.24, 2.45) is 5.92 Å². The number of likely N-dealkylation sites (tertiary alicyclic amines) is 1. The van der Waals surface area contributed by atoms with Gasteiger partial charge >= 0.3 is 0 Å². The van der Waals surface area contributed by atoms with Gasteiger partial charge in [-0.3, -0.25) is 4.90 Å². The molecule has 18 rings (SSSR count). The standard InChI is InChI=1S/C53H32FNO2/c1-2-56-9-10-57-8-7-55-19-30-29-17-26-15-23-13-24-12-21-11-22-14-25-16-27-18-53(30,52(55)20-3-5-28(54)6-4-20)51-37(27)42-36(25)41-32(22)31(21)39-35(24)40-33(23)34(26)43-38(29)50(51)49-47(42)45(41)44(39)46(40)48(43)49/h3-6,11-14,16,30,52H,2,7-10,15,17-19H2,1H3. The third kappa shape index (κ3) is 2.48. The second kappa shape index (κ2) is 8.29. The van der Waals surface area contributed by atoms with Gasteiger partial charge in [0.05, 0.1) is 19.8 Å². The van der Waals surface area contributed by atoms with E-state index in [0.29, 0.717) is 32.3 Å². The molecule has 4 aliphatic carbocycles. The van der Waals surface area contributed by atoms with Crippen LogP contribution in [0.15, 0.2) is 54.6 Å². The van der Waals surface area contributed by atoms with Gasteiger partial charge in [-0.1, -0.05) is 35.4 Å². The van der Waals surface area contributed by atoms with E-state index >= 15 is 0 Å². The lowest BCUT2D eigenvalue weighted by Gasteiger charge is -2.43. The van der Waals surface area contributed by atoms with Gasteiger partial charge in [0.25, 0.3) is 0 Å². The van der Waals surface area contributed by atoms with Crippen LogP contribution in [-0.2, 0) is 27.7 Å². The first-order valence-corrected chi connectivity index (χ1v) is 21.3. The highest BCUT2D eigenvalue weighted by molar-refractivity contribution is 6.63. The number of rotatable bonds is 8. The normalized spacial score (nSPS) is 23.1. The van der Waals surface area contributed by atoms with Crippen LogP contribution in [0.2, 0.25) is 0 Å². The summed E-state index contributed by atoms with van der Waals surface area (Å²) in [5, 5.41) is 37.0. The lowest BCUT2D eigenvalue weighted by Crippen LogP contribution is -2.44. The number of halogens is 1. The zero-order valence-electron chi connectivity index (χ0n) is 31.4. The number of hydrogen-bond donors (Lipinski definition) is 0. The summed E-state index contributed by atoms with van der Waals surface area (Å²) in [7, 11) is 0. The summed E-state index contributed by atoms with van der Waals surface area (Å²) in [4.78, 5) is 2.76. The van der Waals surface area contributed by atoms with E-state index in [1.54, 1.807) is 115 Å². The molecule has 0 radical (unpaired) electrons. The zero-order valence-corrected chi connectivity index (χ0v) is 31.4. The monoisotopic (exact) mass is 733 g/mol. The lowest BCUT2D eigenvalue weighted by molar-refractivity contribution is 0.0393. The lowest BCUT2D eigenvalue weighted by atomic mass is 9.60. The summed E-state index contributed by atoms with van der Waals surface area (Å²) in [6, 6.07) is 20.6. The zero-order chi connectivity index (χ0) is 36.3. The molecule has 3 unspecified atom stereocenters. The molecule has 0 N–H and O–H groups in total. The molecular weight excluding hydrogens is 702 g/mol. The average molecular weight is 734 g/mol. The van der Waals surface area contributed by atoms with E-state index in [2.05, 4.69) is 47.4 Å². The van der Waals surface area contributed by atoms with Gasteiger partial charge in [-0.05, 0) is 208 Å². The minimum absolute atomic E-state index is 0.105. The smallest absolute Gasteiger partial charge is 0.123 e. The van der Waals surface area contributed by atoms with Crippen molar-refractivity contribution in [2.45, 2.75) is 37.6 Å². The van der Waals surface area contributed by atoms with E-state index in [4.69, 9.17) is 9.47 Å². The maximum absolute atomic E-state index is 14.9. The number of hydrogen-bond acceptors (Lipinski definition) is 3. The number of ether oxygens (including phenoxy) is 2. The molecule has 13 aromatic rings. The van der Waals surface area contributed by atoms with Crippen molar-refractivity contribution in [1.82, 2.24) is 4.90 Å². The van der Waals surface area contributed by atoms with Crippen molar-refractivity contribution < 1.29 is 13.9 Å². The summed E-state index contributed by atoms with van der Waals surface area (Å²) in [6.45, 7) is 6.46. The highest BCUT2D eigenvalue weighted by Gasteiger charge is 2.62. The molecule has 57 heavy (non-hydrogen) atoms. The first-order valence-electron chi connectivity index (χ1n) is 21.3. The molecule has 0 amide bonds. The maximum Gasteiger partial charge on any atom is 0.123 e. The van der Waals surface area contributed by atoms with E-state index in [1.165, 1.54) is 59.6 Å². The Labute approximate surface area is 323 Å². The SMILES string of the molecule is CCOCCOCCN1CC2C3=c4c5c6c7c(cc8cc9cc%10cc%11cc%12c%13c(c4c4c5c5c7c8c7c9c%10c8c%11c%13c4c8c75)=C(C3)C%12)CC62C1c1ccc(F)cc1. The fraction of sp³-hybridized carbons (Fsp3) is 0.245. The molecular formula is C53H32FNO2. The predicted molar refractivity (Wildman–Crippen MR) is 231 cm³/mol. The summed E-state index contributed by atoms with van der Waals surface area (Å²) in [5.74, 6) is 0.190. The van der Waals surface area contributed by atoms with E-state index < -0.39 is 0 Å². The Morgan fingerprint density at radius 1 is 0.596 bits per heavy atom. The molecule has 1 aliphatic heterocycles. The van der Waals surface area contributed by atoms with Gasteiger partial charge in [0, 0.05) is 37.1 Å². The molecule has 5 aliphatic rings. The fourth-order valence-electron chi connectivity index (χ4n) is 16.0. The number of fused-ring (bicyclic) bond motifs is 1. The molecule has 0 bridgehead atoms. The van der Waals surface area contributed by atoms with Crippen LogP contribution in [0.25, 0.3) is 130 Å². The third-order valence-corrected chi connectivity index (χ3v) is 17.2. The molecule has 3 nitrogen and oxygen atoms in total. The van der Waals surface area contributed by atoms with Crippen LogP contribution in [-0.4, -0.2) is 44.4 Å². The quantitative estimate of drug-likeness (QED) is 0.115. The second-order valence-corrected chi connectivity index (χ2v) is 19.0. The Hall–Kier alpha value is -5.39. The van der Waals surface area contributed by atoms with E-state index in [1.807, 2.05) is 6.92 Å². The Balaban J connectivity index is 1.08. The molecule has 1 spiro atoms. The minimum Gasteiger partial charge on any atom is -0.379 e. The summed E-state index contributed by atoms with van der Waals surface area (Å²) in [6.07, 6.45) is 3.14. The number of nitrogens with zero attached hydrogens (tertiary/aromatic N) is 1. The van der Waals surface area contributed by atoms with E-state index in [9.17, 15) is 4.39 Å². The Morgan fingerprint density at radius 2 is 1.19 bits per heavy atom. The largest absolute Gasteiger partial charge is 0.379 e. The molecule has 1 saturated heterocycles. The molecule has 3 atom stereocenters. The van der Waals surface area contributed by atoms with Gasteiger partial charge < -0.3 is 9.47 Å². The molecule has 0 saturated carbocycles. The van der Waals surface area contributed by atoms with Crippen molar-refractivity contribution in [3.05, 3.63) is 93.1 Å². The maximum atomic E-state index is 14.9. The van der Waals surface area contributed by atoms with Crippen LogP contribution in [0.1, 0.15) is 41.6 Å². The van der Waals surface area contributed by atoms with Crippen molar-refractivity contribution in [3.63, 3.8) is 0 Å². The van der Waals surface area contributed by atoms with Crippen molar-refractivity contribution in [2.75, 3.05) is 39.5 Å². The van der Waals surface area contributed by atoms with Gasteiger partial charge in [0.2, 0.25) is 0 Å². The first kappa shape index (κ1) is 28.1. The molecule has 1 fully saturated rings. The van der Waals surface area contributed by atoms with E-state index in [-0.39, 0.29) is 17.3 Å². The van der Waals surface area contributed by atoms with Crippen LogP contribution in [0.3, 0.4) is 0 Å². The van der Waals surface area contributed by atoms with Gasteiger partial charge in [0.1, 0.15) is 5.82 Å². The number of benzene rings is 9. The van der Waals surface area contributed by atoms with Crippen LogP contribution in [0.4, 0.5) is 4.39 Å². The highest BCUT2D eigenvalue weighted by Crippen LogP contribution is 2.70. The Morgan fingerprint density at radius 3 is 1.93 bits per heavy atom. The molecule has 1 heterocycles. The van der Waals surface area contributed by atoms with Gasteiger partial charge in [0.15, 0.2) is 0 Å². The van der Waals surface area contributed by atoms with Crippen LogP contribution >= 0.6 is 0 Å². The van der Waals surface area contributed by atoms with Crippen LogP contribution < -0.4 is 10.4 Å². The predicted octanol–water partition coefficient (Wildman–Crippen LogP) is 10.2. The first-order chi connectivity index (χ1) is 28.2. The van der Waals surface area contributed by atoms with Crippen LogP contribution in [0, 0.1) is 11.7 Å². The third-order valence-electron chi connectivity index (χ3n) is 17.2. The molecule has 13 aromatic carbocycles. The minimum atomic E-state index is -0.164. The van der Waals surface area contributed by atoms with Crippen LogP contribution in [0.5, 0.6) is 0 Å². The fourth-order valence-corrected chi connectivity index (χ4v) is 16.0. The summed E-state index contributed by atoms with van der Waals surface area (Å²) < 4.78 is 26.8. The molecule has 0 aromatic heterocycles. The van der Waals surface area contributed by atoms with Gasteiger partial charge in [-0.15, -0.1) is 0 Å². The summed E-state index contributed by atoms with van der Waals surface area (Å²) >= 11 is 0. The van der Waals surface area contributed by atoms with Crippen molar-refractivity contribution in [3.8, 4) is 0 Å². The average Bonchev–Trinajstić information content (AvgIpc) is 4.07. The highest BCUT2D eigenvalue weighted by atomic mass is 19.1. The second-order valence-electron chi connectivity index (χ2n) is 19.0. The molecule has 4 heteroatoms. The Bertz CT molecular complexity index is 4110. The van der Waals surface area contributed by atoms with Gasteiger partial charge in [-0.2, -0.15) is 0 Å². The van der Waals surface area contributed by atoms with Crippen molar-refractivity contribution >= 4 is 130 Å².